The van der Waals surface area contributed by atoms with Gasteiger partial charge in [-0.2, -0.15) is 4.31 Å². The van der Waals surface area contributed by atoms with E-state index in [1.807, 2.05) is 0 Å². The molecule has 0 aliphatic carbocycles. The van der Waals surface area contributed by atoms with E-state index < -0.39 is 15.8 Å². The molecule has 2 heterocycles. The highest BCUT2D eigenvalue weighted by Gasteiger charge is 2.29. The Morgan fingerprint density at radius 2 is 1.69 bits per heavy atom. The minimum Gasteiger partial charge on any atom is -0.345 e. The summed E-state index contributed by atoms with van der Waals surface area (Å²) in [4.78, 5) is 7.04. The number of aromatic nitrogens is 1. The van der Waals surface area contributed by atoms with E-state index in [0.717, 1.165) is 16.4 Å². The molecule has 29 heavy (non-hydrogen) atoms. The Morgan fingerprint density at radius 1 is 1.00 bits per heavy atom. The van der Waals surface area contributed by atoms with Gasteiger partial charge in [-0.1, -0.05) is 17.7 Å². The van der Waals surface area contributed by atoms with Crippen LogP contribution < -0.4 is 4.90 Å². The van der Waals surface area contributed by atoms with Gasteiger partial charge in [-0.25, -0.2) is 17.8 Å². The normalized spacial score (nSPS) is 15.6. The van der Waals surface area contributed by atoms with E-state index in [4.69, 9.17) is 4.98 Å². The maximum Gasteiger partial charge on any atom is 0.243 e. The fraction of sp³-hybridized carbons (Fsp3) is 0.286. The van der Waals surface area contributed by atoms with Crippen molar-refractivity contribution in [2.75, 3.05) is 31.1 Å². The van der Waals surface area contributed by atoms with Crippen LogP contribution in [0.4, 0.5) is 9.52 Å². The van der Waals surface area contributed by atoms with E-state index in [0.29, 0.717) is 26.2 Å². The number of halogens is 1. The van der Waals surface area contributed by atoms with E-state index in [-0.39, 0.29) is 4.90 Å². The largest absolute Gasteiger partial charge is 0.345 e. The van der Waals surface area contributed by atoms with Crippen LogP contribution in [0.5, 0.6) is 0 Å². The third kappa shape index (κ3) is 4.05. The third-order valence-electron chi connectivity index (χ3n) is 5.12. The lowest BCUT2D eigenvalue weighted by molar-refractivity contribution is 0.384. The minimum atomic E-state index is -3.61. The summed E-state index contributed by atoms with van der Waals surface area (Å²) in [6.45, 7) is 6.03. The molecule has 152 valence electrons. The van der Waals surface area contributed by atoms with Crippen LogP contribution in [0.25, 0.3) is 11.3 Å². The zero-order valence-corrected chi connectivity index (χ0v) is 17.9. The highest BCUT2D eigenvalue weighted by Crippen LogP contribution is 2.31. The van der Waals surface area contributed by atoms with Crippen molar-refractivity contribution in [3.8, 4) is 11.3 Å². The summed E-state index contributed by atoms with van der Waals surface area (Å²) in [5, 5.41) is 2.96. The van der Waals surface area contributed by atoms with Crippen molar-refractivity contribution < 1.29 is 12.8 Å². The Labute approximate surface area is 174 Å². The SMILES string of the molecule is Cc1ccc(C)c(-c2csc(N3CCN(S(=O)(=O)c4ccc(F)cc4)CC3)n2)c1. The second kappa shape index (κ2) is 7.85. The zero-order chi connectivity index (χ0) is 20.6. The molecule has 2 aromatic carbocycles. The van der Waals surface area contributed by atoms with Gasteiger partial charge in [-0.05, 0) is 49.7 Å². The van der Waals surface area contributed by atoms with E-state index in [1.54, 1.807) is 11.3 Å². The molecule has 0 atom stereocenters. The molecule has 1 aliphatic heterocycles. The van der Waals surface area contributed by atoms with Crippen molar-refractivity contribution in [2.45, 2.75) is 18.7 Å². The topological polar surface area (TPSA) is 53.5 Å². The standard InChI is InChI=1S/C21H22FN3O2S2/c1-15-3-4-16(2)19(13-15)20-14-28-21(23-20)24-9-11-25(12-10-24)29(26,27)18-7-5-17(22)6-8-18/h3-8,13-14H,9-12H2,1-2H3. The zero-order valence-electron chi connectivity index (χ0n) is 16.3. The summed E-state index contributed by atoms with van der Waals surface area (Å²) in [6, 6.07) is 11.3. The van der Waals surface area contributed by atoms with Crippen molar-refractivity contribution in [1.82, 2.24) is 9.29 Å². The predicted octanol–water partition coefficient (Wildman–Crippen LogP) is 4.08. The lowest BCUT2D eigenvalue weighted by atomic mass is 10.0. The summed E-state index contributed by atoms with van der Waals surface area (Å²) in [5.74, 6) is -0.447. The highest BCUT2D eigenvalue weighted by atomic mass is 32.2. The second-order valence-electron chi connectivity index (χ2n) is 7.18. The molecule has 0 spiro atoms. The van der Waals surface area contributed by atoms with E-state index in [9.17, 15) is 12.8 Å². The predicted molar refractivity (Wildman–Crippen MR) is 114 cm³/mol. The van der Waals surface area contributed by atoms with Gasteiger partial charge in [-0.3, -0.25) is 0 Å². The number of aryl methyl sites for hydroxylation is 2. The van der Waals surface area contributed by atoms with Crippen molar-refractivity contribution >= 4 is 26.5 Å². The highest BCUT2D eigenvalue weighted by molar-refractivity contribution is 7.89. The third-order valence-corrected chi connectivity index (χ3v) is 7.94. The lowest BCUT2D eigenvalue weighted by Gasteiger charge is -2.33. The van der Waals surface area contributed by atoms with Crippen LogP contribution in [0.2, 0.25) is 0 Å². The first-order valence-corrected chi connectivity index (χ1v) is 11.7. The molecule has 8 heteroatoms. The molecule has 0 amide bonds. The van der Waals surface area contributed by atoms with Crippen LogP contribution >= 0.6 is 11.3 Å². The van der Waals surface area contributed by atoms with Gasteiger partial charge in [0.2, 0.25) is 10.0 Å². The molecule has 4 rings (SSSR count). The molecule has 5 nitrogen and oxygen atoms in total. The van der Waals surface area contributed by atoms with Crippen molar-refractivity contribution in [3.63, 3.8) is 0 Å². The quantitative estimate of drug-likeness (QED) is 0.625. The average molecular weight is 432 g/mol. The van der Waals surface area contributed by atoms with Crippen LogP contribution in [-0.2, 0) is 10.0 Å². The maximum absolute atomic E-state index is 13.1. The van der Waals surface area contributed by atoms with Crippen molar-refractivity contribution in [1.29, 1.82) is 0 Å². The summed E-state index contributed by atoms with van der Waals surface area (Å²) in [5.41, 5.74) is 4.46. The summed E-state index contributed by atoms with van der Waals surface area (Å²) in [7, 11) is -3.61. The summed E-state index contributed by atoms with van der Waals surface area (Å²) < 4.78 is 40.1. The van der Waals surface area contributed by atoms with Crippen molar-refractivity contribution in [3.05, 3.63) is 64.8 Å². The molecule has 0 bridgehead atoms. The van der Waals surface area contributed by atoms with Gasteiger partial charge in [0, 0.05) is 37.1 Å². The molecule has 1 saturated heterocycles. The number of hydrogen-bond acceptors (Lipinski definition) is 5. The molecule has 1 aliphatic rings. The van der Waals surface area contributed by atoms with Crippen LogP contribution in [0, 0.1) is 19.7 Å². The van der Waals surface area contributed by atoms with Crippen LogP contribution in [0.15, 0.2) is 52.7 Å². The number of anilines is 1. The molecule has 0 N–H and O–H groups in total. The molecular weight excluding hydrogens is 409 g/mol. The van der Waals surface area contributed by atoms with Crippen molar-refractivity contribution in [2.24, 2.45) is 0 Å². The molecule has 1 fully saturated rings. The van der Waals surface area contributed by atoms with Crippen LogP contribution in [0.1, 0.15) is 11.1 Å². The van der Waals surface area contributed by atoms with Gasteiger partial charge in [0.25, 0.3) is 0 Å². The fourth-order valence-corrected chi connectivity index (χ4v) is 5.72. The van der Waals surface area contributed by atoms with Gasteiger partial charge in [0.05, 0.1) is 10.6 Å². The lowest BCUT2D eigenvalue weighted by Crippen LogP contribution is -2.48. The Hall–Kier alpha value is -2.29. The Morgan fingerprint density at radius 3 is 2.38 bits per heavy atom. The molecule has 0 unspecified atom stereocenters. The van der Waals surface area contributed by atoms with E-state index in [2.05, 4.69) is 42.3 Å². The van der Waals surface area contributed by atoms with Crippen LogP contribution in [0.3, 0.4) is 0 Å². The van der Waals surface area contributed by atoms with Gasteiger partial charge in [0.1, 0.15) is 5.82 Å². The molecular formula is C21H22FN3O2S2. The first-order chi connectivity index (χ1) is 13.8. The molecule has 1 aromatic heterocycles. The maximum atomic E-state index is 13.1. The number of rotatable bonds is 4. The van der Waals surface area contributed by atoms with E-state index >= 15 is 0 Å². The Balaban J connectivity index is 1.47. The van der Waals surface area contributed by atoms with Crippen LogP contribution in [-0.4, -0.2) is 43.9 Å². The van der Waals surface area contributed by atoms with Gasteiger partial charge in [-0.15, -0.1) is 11.3 Å². The Kier molecular flexibility index (Phi) is 5.42. The molecule has 0 radical (unpaired) electrons. The number of piperazine rings is 1. The summed E-state index contributed by atoms with van der Waals surface area (Å²) in [6.07, 6.45) is 0. The van der Waals surface area contributed by atoms with Gasteiger partial charge in [0.15, 0.2) is 5.13 Å². The number of sulfonamides is 1. The molecule has 3 aromatic rings. The molecule has 0 saturated carbocycles. The smallest absolute Gasteiger partial charge is 0.243 e. The Bertz CT molecular complexity index is 1120. The minimum absolute atomic E-state index is 0.124. The van der Waals surface area contributed by atoms with E-state index in [1.165, 1.54) is 39.7 Å². The number of hydrogen-bond donors (Lipinski definition) is 0. The number of nitrogens with zero attached hydrogens (tertiary/aromatic N) is 3. The van der Waals surface area contributed by atoms with Gasteiger partial charge >= 0.3 is 0 Å². The first kappa shape index (κ1) is 20.0. The number of benzene rings is 2. The number of thiazole rings is 1. The fourth-order valence-electron chi connectivity index (χ4n) is 3.42. The summed E-state index contributed by atoms with van der Waals surface area (Å²) >= 11 is 1.58. The van der Waals surface area contributed by atoms with Gasteiger partial charge < -0.3 is 4.90 Å². The average Bonchev–Trinajstić information content (AvgIpc) is 3.20. The first-order valence-electron chi connectivity index (χ1n) is 9.38. The second-order valence-corrected chi connectivity index (χ2v) is 9.95. The monoisotopic (exact) mass is 431 g/mol.